The zero-order chi connectivity index (χ0) is 9.07. The molecule has 0 rings (SSSR count). The Morgan fingerprint density at radius 1 is 1.55 bits per heavy atom. The lowest BCUT2D eigenvalue weighted by molar-refractivity contribution is 0.229. The molecule has 0 aliphatic heterocycles. The second kappa shape index (κ2) is 4.10. The van der Waals surface area contributed by atoms with Crippen LogP contribution in [0.4, 0.5) is 4.79 Å². The quantitative estimate of drug-likeness (QED) is 0.577. The number of carbonyl (C=O) groups excluding carboxylic acids is 1. The second-order valence-electron chi connectivity index (χ2n) is 3.77. The van der Waals surface area contributed by atoms with Crippen molar-refractivity contribution >= 4 is 20.7 Å². The zero-order valence-electron chi connectivity index (χ0n) is 7.57. The van der Waals surface area contributed by atoms with Gasteiger partial charge < -0.3 is 5.32 Å². The SMILES string of the molecule is CC(C)C(C)(C)CNC(=O)Br. The van der Waals surface area contributed by atoms with Crippen LogP contribution in [0.3, 0.4) is 0 Å². The van der Waals surface area contributed by atoms with Gasteiger partial charge in [0, 0.05) is 22.5 Å². The first-order valence-corrected chi connectivity index (χ1v) is 4.59. The highest BCUT2D eigenvalue weighted by molar-refractivity contribution is 9.18. The van der Waals surface area contributed by atoms with Crippen molar-refractivity contribution in [3.8, 4) is 0 Å². The molecule has 2 nitrogen and oxygen atoms in total. The number of hydrogen-bond donors (Lipinski definition) is 1. The Balaban J connectivity index is 3.82. The van der Waals surface area contributed by atoms with Crippen LogP contribution in [0.15, 0.2) is 0 Å². The molecule has 1 amide bonds. The largest absolute Gasteiger partial charge is 0.346 e. The lowest BCUT2D eigenvalue weighted by Crippen LogP contribution is -2.34. The molecule has 0 atom stereocenters. The van der Waals surface area contributed by atoms with E-state index in [1.165, 1.54) is 0 Å². The maximum atomic E-state index is 10.5. The third-order valence-corrected chi connectivity index (χ3v) is 2.53. The van der Waals surface area contributed by atoms with Gasteiger partial charge in [0.1, 0.15) is 0 Å². The van der Waals surface area contributed by atoms with Gasteiger partial charge in [0.2, 0.25) is 0 Å². The van der Waals surface area contributed by atoms with Gasteiger partial charge in [0.25, 0.3) is 4.82 Å². The first-order chi connectivity index (χ1) is 4.86. The van der Waals surface area contributed by atoms with E-state index in [0.29, 0.717) is 5.92 Å². The molecular weight excluding hydrogens is 206 g/mol. The first-order valence-electron chi connectivity index (χ1n) is 3.79. The highest BCUT2D eigenvalue weighted by Gasteiger charge is 2.22. The van der Waals surface area contributed by atoms with E-state index in [1.807, 2.05) is 0 Å². The molecule has 0 aromatic carbocycles. The molecule has 0 heterocycles. The van der Waals surface area contributed by atoms with Crippen molar-refractivity contribution in [1.82, 2.24) is 5.32 Å². The Hall–Kier alpha value is -0.0500. The number of hydrogen-bond acceptors (Lipinski definition) is 1. The Labute approximate surface area is 76.9 Å². The molecule has 11 heavy (non-hydrogen) atoms. The number of halogens is 1. The minimum Gasteiger partial charge on any atom is -0.346 e. The minimum atomic E-state index is -0.133. The summed E-state index contributed by atoms with van der Waals surface area (Å²) in [5.74, 6) is 0.571. The average Bonchev–Trinajstić information content (AvgIpc) is 1.84. The molecule has 0 spiro atoms. The summed E-state index contributed by atoms with van der Waals surface area (Å²) in [4.78, 5) is 10.4. The molecule has 0 aromatic rings. The lowest BCUT2D eigenvalue weighted by Gasteiger charge is -2.28. The molecule has 1 N–H and O–H groups in total. The van der Waals surface area contributed by atoms with Crippen molar-refractivity contribution in [3.63, 3.8) is 0 Å². The molecule has 0 fully saturated rings. The monoisotopic (exact) mass is 221 g/mol. The van der Waals surface area contributed by atoms with E-state index in [0.717, 1.165) is 6.54 Å². The summed E-state index contributed by atoms with van der Waals surface area (Å²) in [5, 5.41) is 2.74. The number of rotatable bonds is 3. The summed E-state index contributed by atoms with van der Waals surface area (Å²) in [7, 11) is 0. The highest BCUT2D eigenvalue weighted by Crippen LogP contribution is 2.24. The second-order valence-corrected chi connectivity index (χ2v) is 4.49. The average molecular weight is 222 g/mol. The predicted octanol–water partition coefficient (Wildman–Crippen LogP) is 2.77. The summed E-state index contributed by atoms with van der Waals surface area (Å²) in [6.45, 7) is 9.30. The van der Waals surface area contributed by atoms with Crippen LogP contribution in [0.1, 0.15) is 27.7 Å². The van der Waals surface area contributed by atoms with E-state index in [4.69, 9.17) is 0 Å². The molecule has 0 radical (unpaired) electrons. The van der Waals surface area contributed by atoms with E-state index >= 15 is 0 Å². The fourth-order valence-corrected chi connectivity index (χ4v) is 0.642. The van der Waals surface area contributed by atoms with Gasteiger partial charge in [-0.1, -0.05) is 27.7 Å². The molecular formula is C8H16BrNO. The fraction of sp³-hybridized carbons (Fsp3) is 0.875. The third kappa shape index (κ3) is 4.40. The zero-order valence-corrected chi connectivity index (χ0v) is 9.16. The third-order valence-electron chi connectivity index (χ3n) is 2.25. The van der Waals surface area contributed by atoms with Gasteiger partial charge in [-0.2, -0.15) is 0 Å². The summed E-state index contributed by atoms with van der Waals surface area (Å²) >= 11 is 2.83. The van der Waals surface area contributed by atoms with E-state index in [-0.39, 0.29) is 10.2 Å². The lowest BCUT2D eigenvalue weighted by atomic mass is 9.81. The van der Waals surface area contributed by atoms with Crippen LogP contribution >= 0.6 is 15.9 Å². The summed E-state index contributed by atoms with van der Waals surface area (Å²) in [5.41, 5.74) is 0.170. The number of carbonyl (C=O) groups is 1. The molecule has 0 aliphatic rings. The van der Waals surface area contributed by atoms with Crippen molar-refractivity contribution in [2.45, 2.75) is 27.7 Å². The Bertz CT molecular complexity index is 143. The highest BCUT2D eigenvalue weighted by atomic mass is 79.9. The van der Waals surface area contributed by atoms with Gasteiger partial charge in [-0.3, -0.25) is 4.79 Å². The van der Waals surface area contributed by atoms with Gasteiger partial charge in [-0.15, -0.1) is 0 Å². The van der Waals surface area contributed by atoms with E-state index in [2.05, 4.69) is 48.9 Å². The number of nitrogens with one attached hydrogen (secondary N) is 1. The molecule has 66 valence electrons. The van der Waals surface area contributed by atoms with Gasteiger partial charge in [0.15, 0.2) is 0 Å². The van der Waals surface area contributed by atoms with Crippen LogP contribution in [-0.4, -0.2) is 11.4 Å². The van der Waals surface area contributed by atoms with Crippen molar-refractivity contribution in [2.75, 3.05) is 6.54 Å². The molecule has 0 bridgehead atoms. The van der Waals surface area contributed by atoms with Crippen LogP contribution in [-0.2, 0) is 0 Å². The topological polar surface area (TPSA) is 29.1 Å². The summed E-state index contributed by atoms with van der Waals surface area (Å²) < 4.78 is 0. The summed E-state index contributed by atoms with van der Waals surface area (Å²) in [6.07, 6.45) is 0. The van der Waals surface area contributed by atoms with Crippen molar-refractivity contribution in [3.05, 3.63) is 0 Å². The van der Waals surface area contributed by atoms with E-state index in [1.54, 1.807) is 0 Å². The van der Waals surface area contributed by atoms with Gasteiger partial charge in [-0.05, 0) is 11.3 Å². The number of amides is 1. The molecule has 0 aromatic heterocycles. The Kier molecular flexibility index (Phi) is 4.08. The smallest absolute Gasteiger partial charge is 0.287 e. The Morgan fingerprint density at radius 3 is 2.27 bits per heavy atom. The summed E-state index contributed by atoms with van der Waals surface area (Å²) in [6, 6.07) is 0. The predicted molar refractivity (Wildman–Crippen MR) is 50.9 cm³/mol. The maximum absolute atomic E-state index is 10.5. The molecule has 0 saturated heterocycles. The normalized spacial score (nSPS) is 11.8. The van der Waals surface area contributed by atoms with E-state index < -0.39 is 0 Å². The molecule has 0 unspecified atom stereocenters. The van der Waals surface area contributed by atoms with Crippen LogP contribution < -0.4 is 5.32 Å². The minimum absolute atomic E-state index is 0.133. The maximum Gasteiger partial charge on any atom is 0.287 e. The first kappa shape index (κ1) is 11.0. The van der Waals surface area contributed by atoms with Crippen LogP contribution in [0.5, 0.6) is 0 Å². The molecule has 3 heteroatoms. The standard InChI is InChI=1S/C8H16BrNO/c1-6(2)8(3,4)5-10-7(9)11/h6H,5H2,1-4H3,(H,10,11). The molecule has 0 aliphatic carbocycles. The van der Waals surface area contributed by atoms with Crippen LogP contribution in [0.2, 0.25) is 0 Å². The fourth-order valence-electron chi connectivity index (χ4n) is 0.501. The van der Waals surface area contributed by atoms with Crippen LogP contribution in [0.25, 0.3) is 0 Å². The van der Waals surface area contributed by atoms with Gasteiger partial charge in [-0.25, -0.2) is 0 Å². The van der Waals surface area contributed by atoms with Crippen molar-refractivity contribution < 1.29 is 4.79 Å². The van der Waals surface area contributed by atoms with Gasteiger partial charge >= 0.3 is 0 Å². The van der Waals surface area contributed by atoms with Crippen molar-refractivity contribution in [2.24, 2.45) is 11.3 Å². The van der Waals surface area contributed by atoms with E-state index in [9.17, 15) is 4.79 Å². The molecule has 0 saturated carbocycles. The Morgan fingerprint density at radius 2 is 2.00 bits per heavy atom. The van der Waals surface area contributed by atoms with Crippen LogP contribution in [0, 0.1) is 11.3 Å². The van der Waals surface area contributed by atoms with Crippen molar-refractivity contribution in [1.29, 1.82) is 0 Å². The van der Waals surface area contributed by atoms with Gasteiger partial charge in [0.05, 0.1) is 0 Å².